The van der Waals surface area contributed by atoms with Crippen LogP contribution in [0.15, 0.2) is 60.7 Å². The number of carbonyl (C=O) groups excluding carboxylic acids is 4. The van der Waals surface area contributed by atoms with Crippen LogP contribution in [-0.4, -0.2) is 42.2 Å². The first-order chi connectivity index (χ1) is 15.3. The number of rotatable bonds is 6. The number of likely N-dealkylation sites (N-methyl/N-ethyl adjacent to an activating group) is 1. The predicted molar refractivity (Wildman–Crippen MR) is 120 cm³/mol. The number of amides is 3. The van der Waals surface area contributed by atoms with E-state index in [2.05, 4.69) is 0 Å². The van der Waals surface area contributed by atoms with Crippen LogP contribution in [0.5, 0.6) is 0 Å². The lowest BCUT2D eigenvalue weighted by Crippen LogP contribution is -2.31. The molecule has 0 N–H and O–H groups in total. The first-order valence-electron chi connectivity index (χ1n) is 9.58. The van der Waals surface area contributed by atoms with Gasteiger partial charge in [-0.05, 0) is 42.5 Å². The van der Waals surface area contributed by atoms with Crippen LogP contribution < -0.4 is 4.90 Å². The SMILES string of the molecule is CN(Cc1ccc(Cl)s1)C(=O)COC(=O)c1cccc(N2C(=O)c3ccccc3C2=O)c1. The van der Waals surface area contributed by atoms with Crippen molar-refractivity contribution in [2.24, 2.45) is 0 Å². The topological polar surface area (TPSA) is 84.0 Å². The third-order valence-electron chi connectivity index (χ3n) is 4.91. The van der Waals surface area contributed by atoms with Gasteiger partial charge in [-0.15, -0.1) is 11.3 Å². The third-order valence-corrected chi connectivity index (χ3v) is 6.12. The maximum atomic E-state index is 12.7. The van der Waals surface area contributed by atoms with Gasteiger partial charge in [-0.1, -0.05) is 29.8 Å². The summed E-state index contributed by atoms with van der Waals surface area (Å²) in [6, 6.07) is 16.1. The molecule has 162 valence electrons. The lowest BCUT2D eigenvalue weighted by molar-refractivity contribution is -0.133. The van der Waals surface area contributed by atoms with Crippen LogP contribution >= 0.6 is 22.9 Å². The van der Waals surface area contributed by atoms with E-state index in [0.29, 0.717) is 22.0 Å². The largest absolute Gasteiger partial charge is 0.452 e. The van der Waals surface area contributed by atoms with E-state index >= 15 is 0 Å². The highest BCUT2D eigenvalue weighted by molar-refractivity contribution is 7.16. The summed E-state index contributed by atoms with van der Waals surface area (Å²) < 4.78 is 5.78. The van der Waals surface area contributed by atoms with Crippen molar-refractivity contribution in [1.29, 1.82) is 0 Å². The quantitative estimate of drug-likeness (QED) is 0.403. The second-order valence-electron chi connectivity index (χ2n) is 7.07. The standard InChI is InChI=1S/C23H17ClN2O5S/c1-25(12-16-9-10-19(24)32-16)20(27)13-31-23(30)14-5-4-6-15(11-14)26-21(28)17-7-2-3-8-18(17)22(26)29/h2-11H,12-13H2,1H3. The molecule has 0 aliphatic carbocycles. The summed E-state index contributed by atoms with van der Waals surface area (Å²) in [5.74, 6) is -2.02. The van der Waals surface area contributed by atoms with E-state index in [-0.39, 0.29) is 17.2 Å². The van der Waals surface area contributed by atoms with Crippen molar-refractivity contribution in [3.05, 3.63) is 86.6 Å². The van der Waals surface area contributed by atoms with E-state index in [1.165, 1.54) is 28.4 Å². The number of fused-ring (bicyclic) bond motifs is 1. The number of imide groups is 1. The van der Waals surface area contributed by atoms with Crippen molar-refractivity contribution in [3.63, 3.8) is 0 Å². The second kappa shape index (κ2) is 8.94. The fraction of sp³-hybridized carbons (Fsp3) is 0.130. The molecule has 1 aliphatic rings. The Hall–Kier alpha value is -3.49. The van der Waals surface area contributed by atoms with Gasteiger partial charge >= 0.3 is 5.97 Å². The monoisotopic (exact) mass is 468 g/mol. The van der Waals surface area contributed by atoms with Crippen LogP contribution in [0.4, 0.5) is 5.69 Å². The summed E-state index contributed by atoms with van der Waals surface area (Å²) >= 11 is 7.27. The highest BCUT2D eigenvalue weighted by Gasteiger charge is 2.36. The molecule has 0 saturated carbocycles. The molecule has 0 saturated heterocycles. The summed E-state index contributed by atoms with van der Waals surface area (Å²) in [6.45, 7) is -0.0886. The summed E-state index contributed by atoms with van der Waals surface area (Å²) in [4.78, 5) is 53.5. The van der Waals surface area contributed by atoms with Crippen LogP contribution in [0, 0.1) is 0 Å². The normalized spacial score (nSPS) is 12.6. The maximum Gasteiger partial charge on any atom is 0.338 e. The Morgan fingerprint density at radius 2 is 1.69 bits per heavy atom. The van der Waals surface area contributed by atoms with Crippen molar-refractivity contribution in [2.75, 3.05) is 18.6 Å². The minimum absolute atomic E-state index is 0.125. The molecule has 7 nitrogen and oxygen atoms in total. The summed E-state index contributed by atoms with van der Waals surface area (Å²) in [5, 5.41) is 0. The molecule has 0 atom stereocenters. The summed E-state index contributed by atoms with van der Waals surface area (Å²) in [7, 11) is 1.60. The zero-order valence-electron chi connectivity index (χ0n) is 16.9. The highest BCUT2D eigenvalue weighted by atomic mass is 35.5. The van der Waals surface area contributed by atoms with Gasteiger partial charge in [0.1, 0.15) is 0 Å². The van der Waals surface area contributed by atoms with E-state index in [1.807, 2.05) is 6.07 Å². The fourth-order valence-electron chi connectivity index (χ4n) is 3.28. The molecule has 9 heteroatoms. The first kappa shape index (κ1) is 21.7. The number of ether oxygens (including phenoxy) is 1. The maximum absolute atomic E-state index is 12.7. The molecule has 1 aromatic heterocycles. The molecule has 1 aliphatic heterocycles. The number of hydrogen-bond donors (Lipinski definition) is 0. The number of carbonyl (C=O) groups is 4. The number of esters is 1. The number of hydrogen-bond acceptors (Lipinski definition) is 6. The van der Waals surface area contributed by atoms with Crippen molar-refractivity contribution in [3.8, 4) is 0 Å². The highest BCUT2D eigenvalue weighted by Crippen LogP contribution is 2.29. The number of benzene rings is 2. The average molecular weight is 469 g/mol. The van der Waals surface area contributed by atoms with Gasteiger partial charge in [0, 0.05) is 11.9 Å². The number of thiophene rings is 1. The molecule has 0 unspecified atom stereocenters. The molecule has 0 spiro atoms. The van der Waals surface area contributed by atoms with E-state index in [4.69, 9.17) is 16.3 Å². The molecular weight excluding hydrogens is 452 g/mol. The van der Waals surface area contributed by atoms with Crippen LogP contribution in [0.25, 0.3) is 0 Å². The molecule has 0 bridgehead atoms. The van der Waals surface area contributed by atoms with Gasteiger partial charge in [0.05, 0.1) is 33.3 Å². The van der Waals surface area contributed by atoms with E-state index in [9.17, 15) is 19.2 Å². The molecular formula is C23H17ClN2O5S. The van der Waals surface area contributed by atoms with Crippen LogP contribution in [0.3, 0.4) is 0 Å². The van der Waals surface area contributed by atoms with Gasteiger partial charge in [0.2, 0.25) is 0 Å². The third kappa shape index (κ3) is 4.28. The van der Waals surface area contributed by atoms with Crippen molar-refractivity contribution in [2.45, 2.75) is 6.54 Å². The lowest BCUT2D eigenvalue weighted by Gasteiger charge is -2.17. The Morgan fingerprint density at radius 3 is 2.31 bits per heavy atom. The predicted octanol–water partition coefficient (Wildman–Crippen LogP) is 4.02. The fourth-order valence-corrected chi connectivity index (χ4v) is 4.42. The number of nitrogens with zero attached hydrogens (tertiary/aromatic N) is 2. The van der Waals surface area contributed by atoms with Crippen molar-refractivity contribution in [1.82, 2.24) is 4.90 Å². The lowest BCUT2D eigenvalue weighted by atomic mass is 10.1. The van der Waals surface area contributed by atoms with Crippen molar-refractivity contribution >= 4 is 52.3 Å². The molecule has 4 rings (SSSR count). The van der Waals surface area contributed by atoms with Crippen molar-refractivity contribution < 1.29 is 23.9 Å². The molecule has 32 heavy (non-hydrogen) atoms. The van der Waals surface area contributed by atoms with E-state index in [0.717, 1.165) is 9.78 Å². The smallest absolute Gasteiger partial charge is 0.338 e. The van der Waals surface area contributed by atoms with Gasteiger partial charge < -0.3 is 9.64 Å². The summed E-state index contributed by atoms with van der Waals surface area (Å²) in [5.41, 5.74) is 1.00. The first-order valence-corrected chi connectivity index (χ1v) is 10.8. The van der Waals surface area contributed by atoms with Gasteiger partial charge in [-0.25, -0.2) is 9.69 Å². The molecule has 3 amide bonds. The van der Waals surface area contributed by atoms with Gasteiger partial charge in [-0.3, -0.25) is 14.4 Å². The van der Waals surface area contributed by atoms with E-state index in [1.54, 1.807) is 49.5 Å². The second-order valence-corrected chi connectivity index (χ2v) is 8.87. The summed E-state index contributed by atoms with van der Waals surface area (Å²) in [6.07, 6.45) is 0. The van der Waals surface area contributed by atoms with Gasteiger partial charge in [0.25, 0.3) is 17.7 Å². The molecule has 2 aromatic carbocycles. The van der Waals surface area contributed by atoms with Gasteiger partial charge in [0.15, 0.2) is 6.61 Å². The number of anilines is 1. The minimum Gasteiger partial charge on any atom is -0.452 e. The zero-order chi connectivity index (χ0) is 22.8. The molecule has 0 fully saturated rings. The Morgan fingerprint density at radius 1 is 1.00 bits per heavy atom. The molecule has 2 heterocycles. The molecule has 3 aromatic rings. The molecule has 0 radical (unpaired) electrons. The minimum atomic E-state index is -0.732. The average Bonchev–Trinajstić information content (AvgIpc) is 3.32. The van der Waals surface area contributed by atoms with Crippen LogP contribution in [0.2, 0.25) is 4.34 Å². The Labute approximate surface area is 192 Å². The Balaban J connectivity index is 1.41. The zero-order valence-corrected chi connectivity index (χ0v) is 18.5. The van der Waals surface area contributed by atoms with E-state index < -0.39 is 24.4 Å². The van der Waals surface area contributed by atoms with Gasteiger partial charge in [-0.2, -0.15) is 0 Å². The number of halogens is 1. The Bertz CT molecular complexity index is 1200. The Kier molecular flexibility index (Phi) is 6.07. The van der Waals surface area contributed by atoms with Crippen LogP contribution in [0.1, 0.15) is 36.0 Å². The van der Waals surface area contributed by atoms with Crippen LogP contribution in [-0.2, 0) is 16.1 Å².